The molecule has 0 radical (unpaired) electrons. The molecule has 3 nitrogen and oxygen atoms in total. The summed E-state index contributed by atoms with van der Waals surface area (Å²) in [4.78, 5) is 15.0. The monoisotopic (exact) mass is 344 g/mol. The van der Waals surface area contributed by atoms with E-state index in [1.54, 1.807) is 0 Å². The van der Waals surface area contributed by atoms with E-state index in [0.29, 0.717) is 17.8 Å². The van der Waals surface area contributed by atoms with Crippen LogP contribution < -0.4 is 5.32 Å². The van der Waals surface area contributed by atoms with Gasteiger partial charge >= 0.3 is 0 Å². The van der Waals surface area contributed by atoms with Gasteiger partial charge in [-0.05, 0) is 49.6 Å². The summed E-state index contributed by atoms with van der Waals surface area (Å²) in [6, 6.07) is 10.6. The topological polar surface area (TPSA) is 32.3 Å². The van der Waals surface area contributed by atoms with Crippen LogP contribution in [0.1, 0.15) is 45.6 Å². The molecule has 0 heterocycles. The average molecular weight is 345 g/mol. The van der Waals surface area contributed by atoms with E-state index < -0.39 is 0 Å². The Bertz CT molecular complexity index is 514. The van der Waals surface area contributed by atoms with Crippen LogP contribution in [0.25, 0.3) is 0 Å². The maximum atomic E-state index is 12.7. The third kappa shape index (κ3) is 6.47. The molecule has 25 heavy (non-hydrogen) atoms. The summed E-state index contributed by atoms with van der Waals surface area (Å²) in [6.45, 7) is 9.49. The maximum Gasteiger partial charge on any atom is 0.223 e. The minimum absolute atomic E-state index is 0.207. The van der Waals surface area contributed by atoms with Crippen molar-refractivity contribution in [3.8, 4) is 0 Å². The van der Waals surface area contributed by atoms with Gasteiger partial charge in [0.2, 0.25) is 5.91 Å². The quantitative estimate of drug-likeness (QED) is 0.773. The van der Waals surface area contributed by atoms with Gasteiger partial charge < -0.3 is 10.2 Å². The van der Waals surface area contributed by atoms with Crippen LogP contribution >= 0.6 is 0 Å². The molecule has 3 heteroatoms. The van der Waals surface area contributed by atoms with Crippen molar-refractivity contribution in [3.63, 3.8) is 0 Å². The summed E-state index contributed by atoms with van der Waals surface area (Å²) in [5.41, 5.74) is 1.37. The first kappa shape index (κ1) is 20.0. The van der Waals surface area contributed by atoms with Gasteiger partial charge in [-0.1, -0.05) is 57.5 Å². The number of amides is 1. The lowest BCUT2D eigenvalue weighted by Gasteiger charge is -2.36. The van der Waals surface area contributed by atoms with Crippen LogP contribution in [0.4, 0.5) is 0 Å². The average Bonchev–Trinajstić information content (AvgIpc) is 2.60. The molecule has 1 N–H and O–H groups in total. The number of hydrogen-bond acceptors (Lipinski definition) is 2. The summed E-state index contributed by atoms with van der Waals surface area (Å²) in [6.07, 6.45) is 4.59. The lowest BCUT2D eigenvalue weighted by atomic mass is 9.70. The Hall–Kier alpha value is -1.35. The number of rotatable bonds is 8. The lowest BCUT2D eigenvalue weighted by molar-refractivity contribution is -0.129. The molecule has 140 valence electrons. The van der Waals surface area contributed by atoms with E-state index in [1.807, 2.05) is 0 Å². The number of nitrogens with one attached hydrogen (secondary N) is 1. The van der Waals surface area contributed by atoms with E-state index in [4.69, 9.17) is 0 Å². The van der Waals surface area contributed by atoms with Gasteiger partial charge in [0.05, 0.1) is 0 Å². The van der Waals surface area contributed by atoms with Gasteiger partial charge in [0.1, 0.15) is 0 Å². The van der Waals surface area contributed by atoms with Crippen LogP contribution in [-0.2, 0) is 11.2 Å². The summed E-state index contributed by atoms with van der Waals surface area (Å²) in [5.74, 6) is 2.31. The van der Waals surface area contributed by atoms with E-state index in [2.05, 4.69) is 68.4 Å². The van der Waals surface area contributed by atoms with Crippen LogP contribution in [0.3, 0.4) is 0 Å². The van der Waals surface area contributed by atoms with Crippen molar-refractivity contribution in [2.24, 2.45) is 23.7 Å². The minimum atomic E-state index is 0.207. The second-order valence-corrected chi connectivity index (χ2v) is 8.26. The highest BCUT2D eigenvalue weighted by Crippen LogP contribution is 2.37. The first-order chi connectivity index (χ1) is 12.0. The third-order valence-corrected chi connectivity index (χ3v) is 5.78. The largest absolute Gasteiger partial charge is 0.355 e. The number of carbonyl (C=O) groups excluding carboxylic acids is 1. The van der Waals surface area contributed by atoms with Gasteiger partial charge in [0.15, 0.2) is 0 Å². The van der Waals surface area contributed by atoms with Gasteiger partial charge in [-0.3, -0.25) is 4.79 Å². The van der Waals surface area contributed by atoms with Crippen molar-refractivity contribution in [2.75, 3.05) is 26.7 Å². The second kappa shape index (κ2) is 9.96. The summed E-state index contributed by atoms with van der Waals surface area (Å²) >= 11 is 0. The molecule has 1 fully saturated rings. The van der Waals surface area contributed by atoms with Gasteiger partial charge in [-0.2, -0.15) is 0 Å². The molecule has 0 aliphatic heterocycles. The SMILES string of the molecule is CC(C)[C@@H]1CC[C@@H](C)C[C@H]1C(=O)NCCN(C)CCc1ccccc1. The fraction of sp³-hybridized carbons (Fsp3) is 0.682. The van der Waals surface area contributed by atoms with Gasteiger partial charge in [-0.25, -0.2) is 0 Å². The Kier molecular flexibility index (Phi) is 7.95. The molecule has 1 aromatic carbocycles. The van der Waals surface area contributed by atoms with Crippen LogP contribution in [0.2, 0.25) is 0 Å². The lowest BCUT2D eigenvalue weighted by Crippen LogP contribution is -2.42. The highest BCUT2D eigenvalue weighted by atomic mass is 16.1. The van der Waals surface area contributed by atoms with Crippen molar-refractivity contribution in [1.29, 1.82) is 0 Å². The van der Waals surface area contributed by atoms with E-state index in [9.17, 15) is 4.79 Å². The molecule has 0 aromatic heterocycles. The molecule has 1 aliphatic carbocycles. The summed E-state index contributed by atoms with van der Waals surface area (Å²) in [5, 5.41) is 3.21. The van der Waals surface area contributed by atoms with Crippen molar-refractivity contribution in [2.45, 2.75) is 46.5 Å². The molecule has 0 saturated heterocycles. The van der Waals surface area contributed by atoms with Crippen molar-refractivity contribution in [3.05, 3.63) is 35.9 Å². The van der Waals surface area contributed by atoms with E-state index >= 15 is 0 Å². The standard InChI is InChI=1S/C22H36N2O/c1-17(2)20-11-10-18(3)16-21(20)22(25)23-13-15-24(4)14-12-19-8-6-5-7-9-19/h5-9,17-18,20-21H,10-16H2,1-4H3,(H,23,25)/t18-,20+,21-/m1/s1. The first-order valence-electron chi connectivity index (χ1n) is 9.97. The zero-order valence-electron chi connectivity index (χ0n) is 16.5. The predicted octanol–water partition coefficient (Wildman–Crippen LogP) is 3.99. The molecule has 2 rings (SSSR count). The fourth-order valence-electron chi connectivity index (χ4n) is 4.08. The number of carbonyl (C=O) groups is 1. The Morgan fingerprint density at radius 3 is 2.60 bits per heavy atom. The molecule has 0 bridgehead atoms. The zero-order chi connectivity index (χ0) is 18.2. The minimum Gasteiger partial charge on any atom is -0.355 e. The smallest absolute Gasteiger partial charge is 0.223 e. The Balaban J connectivity index is 1.71. The van der Waals surface area contributed by atoms with Crippen LogP contribution in [-0.4, -0.2) is 37.5 Å². The first-order valence-corrected chi connectivity index (χ1v) is 9.97. The molecule has 0 spiro atoms. The van der Waals surface area contributed by atoms with E-state index in [-0.39, 0.29) is 11.8 Å². The summed E-state index contributed by atoms with van der Waals surface area (Å²) < 4.78 is 0. The Morgan fingerprint density at radius 1 is 1.20 bits per heavy atom. The van der Waals surface area contributed by atoms with Crippen molar-refractivity contribution < 1.29 is 4.79 Å². The molecule has 3 atom stereocenters. The van der Waals surface area contributed by atoms with Crippen molar-refractivity contribution in [1.82, 2.24) is 10.2 Å². The number of hydrogen-bond donors (Lipinski definition) is 1. The molecular weight excluding hydrogens is 308 g/mol. The highest BCUT2D eigenvalue weighted by molar-refractivity contribution is 5.79. The number of likely N-dealkylation sites (N-methyl/N-ethyl adjacent to an activating group) is 1. The summed E-state index contributed by atoms with van der Waals surface area (Å²) in [7, 11) is 2.13. The Labute approximate surface area is 154 Å². The second-order valence-electron chi connectivity index (χ2n) is 8.26. The number of benzene rings is 1. The predicted molar refractivity (Wildman–Crippen MR) is 105 cm³/mol. The van der Waals surface area contributed by atoms with Gasteiger partial charge in [0.25, 0.3) is 0 Å². The van der Waals surface area contributed by atoms with Gasteiger partial charge in [0, 0.05) is 25.6 Å². The number of nitrogens with zero attached hydrogens (tertiary/aromatic N) is 1. The zero-order valence-corrected chi connectivity index (χ0v) is 16.5. The fourth-order valence-corrected chi connectivity index (χ4v) is 4.08. The molecule has 1 aromatic rings. The van der Waals surface area contributed by atoms with E-state index in [0.717, 1.165) is 32.5 Å². The third-order valence-electron chi connectivity index (χ3n) is 5.78. The maximum absolute atomic E-state index is 12.7. The molecule has 1 amide bonds. The van der Waals surface area contributed by atoms with Crippen LogP contribution in [0, 0.1) is 23.7 Å². The molecule has 1 aliphatic rings. The van der Waals surface area contributed by atoms with E-state index in [1.165, 1.54) is 18.4 Å². The normalized spacial score (nSPS) is 23.8. The molecular formula is C22H36N2O. The van der Waals surface area contributed by atoms with Crippen LogP contribution in [0.5, 0.6) is 0 Å². The highest BCUT2D eigenvalue weighted by Gasteiger charge is 2.35. The van der Waals surface area contributed by atoms with Crippen molar-refractivity contribution >= 4 is 5.91 Å². The van der Waals surface area contributed by atoms with Crippen LogP contribution in [0.15, 0.2) is 30.3 Å². The Morgan fingerprint density at radius 2 is 1.92 bits per heavy atom. The van der Waals surface area contributed by atoms with Gasteiger partial charge in [-0.15, -0.1) is 0 Å². The molecule has 0 unspecified atom stereocenters. The molecule has 1 saturated carbocycles.